The van der Waals surface area contributed by atoms with Gasteiger partial charge < -0.3 is 0 Å². The lowest BCUT2D eigenvalue weighted by molar-refractivity contribution is 0.648. The van der Waals surface area contributed by atoms with E-state index in [0.29, 0.717) is 5.92 Å². The Balaban J connectivity index is 2.05. The lowest BCUT2D eigenvalue weighted by Gasteiger charge is -2.12. The summed E-state index contributed by atoms with van der Waals surface area (Å²) >= 11 is 0. The molecule has 0 aliphatic carbocycles. The Morgan fingerprint density at radius 1 is 1.25 bits per heavy atom. The topological polar surface area (TPSA) is 37.6 Å². The summed E-state index contributed by atoms with van der Waals surface area (Å²) in [6.07, 6.45) is 1.96. The highest BCUT2D eigenvalue weighted by molar-refractivity contribution is 5.78. The molecule has 80 valence electrons. The third-order valence-corrected chi connectivity index (χ3v) is 3.16. The highest BCUT2D eigenvalue weighted by Crippen LogP contribution is 2.28. The first-order valence-electron chi connectivity index (χ1n) is 5.56. The standard InChI is InChI=1S/C13H13N3/c1-9-12(8-15-16-9)11-6-10-4-2-3-5-13(10)14-7-11/h2-7,9,12H,8H2,1H3. The van der Waals surface area contributed by atoms with Crippen molar-refractivity contribution < 1.29 is 0 Å². The van der Waals surface area contributed by atoms with Gasteiger partial charge in [0.15, 0.2) is 0 Å². The maximum Gasteiger partial charge on any atom is 0.0767 e. The number of hydrogen-bond acceptors (Lipinski definition) is 3. The summed E-state index contributed by atoms with van der Waals surface area (Å²) in [6, 6.07) is 10.7. The van der Waals surface area contributed by atoms with E-state index in [1.165, 1.54) is 10.9 Å². The van der Waals surface area contributed by atoms with E-state index in [1.54, 1.807) is 0 Å². The first kappa shape index (κ1) is 9.46. The third-order valence-electron chi connectivity index (χ3n) is 3.16. The largest absolute Gasteiger partial charge is 0.256 e. The number of hydrogen-bond donors (Lipinski definition) is 0. The second-order valence-corrected chi connectivity index (χ2v) is 4.25. The van der Waals surface area contributed by atoms with Crippen molar-refractivity contribution in [1.29, 1.82) is 0 Å². The molecule has 0 radical (unpaired) electrons. The molecular weight excluding hydrogens is 198 g/mol. The summed E-state index contributed by atoms with van der Waals surface area (Å²) in [5.41, 5.74) is 2.29. The van der Waals surface area contributed by atoms with Crippen molar-refractivity contribution in [3.63, 3.8) is 0 Å². The molecule has 3 nitrogen and oxygen atoms in total. The molecule has 1 aromatic carbocycles. The van der Waals surface area contributed by atoms with E-state index in [4.69, 9.17) is 0 Å². The zero-order chi connectivity index (χ0) is 11.0. The minimum Gasteiger partial charge on any atom is -0.256 e. The first-order valence-corrected chi connectivity index (χ1v) is 5.56. The predicted molar refractivity (Wildman–Crippen MR) is 63.7 cm³/mol. The molecule has 0 saturated heterocycles. The van der Waals surface area contributed by atoms with Crippen molar-refractivity contribution in [1.82, 2.24) is 4.98 Å². The van der Waals surface area contributed by atoms with Crippen LogP contribution in [-0.2, 0) is 0 Å². The molecule has 0 amide bonds. The molecule has 0 fully saturated rings. The molecule has 0 spiro atoms. The van der Waals surface area contributed by atoms with Gasteiger partial charge >= 0.3 is 0 Å². The van der Waals surface area contributed by atoms with Gasteiger partial charge in [-0.2, -0.15) is 10.2 Å². The highest BCUT2D eigenvalue weighted by atomic mass is 15.2. The average Bonchev–Trinajstić information content (AvgIpc) is 2.75. The summed E-state index contributed by atoms with van der Waals surface area (Å²) in [6.45, 7) is 2.90. The normalized spacial score (nSPS) is 24.1. The molecular formula is C13H13N3. The maximum atomic E-state index is 4.48. The van der Waals surface area contributed by atoms with E-state index in [2.05, 4.69) is 34.3 Å². The van der Waals surface area contributed by atoms with Gasteiger partial charge in [-0.25, -0.2) is 0 Å². The van der Waals surface area contributed by atoms with E-state index < -0.39 is 0 Å². The third kappa shape index (κ3) is 1.48. The number of para-hydroxylation sites is 1. The fourth-order valence-electron chi connectivity index (χ4n) is 2.17. The summed E-state index contributed by atoms with van der Waals surface area (Å²) < 4.78 is 0. The lowest BCUT2D eigenvalue weighted by atomic mass is 9.94. The van der Waals surface area contributed by atoms with Crippen molar-refractivity contribution in [2.24, 2.45) is 10.2 Å². The van der Waals surface area contributed by atoms with Crippen LogP contribution in [-0.4, -0.2) is 17.6 Å². The molecule has 0 saturated carbocycles. The number of nitrogens with zero attached hydrogens (tertiary/aromatic N) is 3. The van der Waals surface area contributed by atoms with E-state index in [9.17, 15) is 0 Å². The van der Waals surface area contributed by atoms with Crippen LogP contribution in [0.1, 0.15) is 18.4 Å². The molecule has 1 aromatic heterocycles. The smallest absolute Gasteiger partial charge is 0.0767 e. The highest BCUT2D eigenvalue weighted by Gasteiger charge is 2.23. The molecule has 2 heterocycles. The van der Waals surface area contributed by atoms with E-state index in [1.807, 2.05) is 24.4 Å². The molecule has 1 aliphatic heterocycles. The van der Waals surface area contributed by atoms with E-state index >= 15 is 0 Å². The van der Waals surface area contributed by atoms with E-state index in [0.717, 1.165) is 12.1 Å². The minimum atomic E-state index is 0.281. The van der Waals surface area contributed by atoms with Gasteiger partial charge in [0.2, 0.25) is 0 Å². The van der Waals surface area contributed by atoms with Crippen LogP contribution in [0.4, 0.5) is 0 Å². The molecule has 0 bridgehead atoms. The van der Waals surface area contributed by atoms with Crippen molar-refractivity contribution in [3.8, 4) is 0 Å². The van der Waals surface area contributed by atoms with Crippen LogP contribution >= 0.6 is 0 Å². The monoisotopic (exact) mass is 211 g/mol. The van der Waals surface area contributed by atoms with Crippen LogP contribution in [0, 0.1) is 0 Å². The zero-order valence-electron chi connectivity index (χ0n) is 9.17. The van der Waals surface area contributed by atoms with Gasteiger partial charge in [-0.15, -0.1) is 0 Å². The van der Waals surface area contributed by atoms with Crippen LogP contribution < -0.4 is 0 Å². The number of azo groups is 1. The zero-order valence-corrected chi connectivity index (χ0v) is 9.17. The van der Waals surface area contributed by atoms with E-state index in [-0.39, 0.29) is 6.04 Å². The Morgan fingerprint density at radius 3 is 2.94 bits per heavy atom. The van der Waals surface area contributed by atoms with Crippen LogP contribution in [0.5, 0.6) is 0 Å². The minimum absolute atomic E-state index is 0.281. The Labute approximate surface area is 94.2 Å². The van der Waals surface area contributed by atoms with Gasteiger partial charge in [0.25, 0.3) is 0 Å². The molecule has 0 N–H and O–H groups in total. The molecule has 2 unspecified atom stereocenters. The molecule has 1 aliphatic rings. The fourth-order valence-corrected chi connectivity index (χ4v) is 2.17. The molecule has 2 atom stereocenters. The number of aromatic nitrogens is 1. The maximum absolute atomic E-state index is 4.48. The van der Waals surface area contributed by atoms with Gasteiger partial charge in [0.05, 0.1) is 18.1 Å². The second kappa shape index (κ2) is 3.67. The molecule has 2 aromatic rings. The lowest BCUT2D eigenvalue weighted by Crippen LogP contribution is -2.10. The Bertz CT molecular complexity index is 548. The average molecular weight is 211 g/mol. The molecule has 3 rings (SSSR count). The number of fused-ring (bicyclic) bond motifs is 1. The van der Waals surface area contributed by atoms with Crippen molar-refractivity contribution >= 4 is 10.9 Å². The van der Waals surface area contributed by atoms with Crippen molar-refractivity contribution in [3.05, 3.63) is 42.1 Å². The summed E-state index contributed by atoms with van der Waals surface area (Å²) in [4.78, 5) is 4.48. The van der Waals surface area contributed by atoms with Crippen molar-refractivity contribution in [2.75, 3.05) is 6.54 Å². The predicted octanol–water partition coefficient (Wildman–Crippen LogP) is 3.17. The van der Waals surface area contributed by atoms with Crippen molar-refractivity contribution in [2.45, 2.75) is 18.9 Å². The van der Waals surface area contributed by atoms with Gasteiger partial charge in [-0.05, 0) is 24.6 Å². The summed E-state index contributed by atoms with van der Waals surface area (Å²) in [5.74, 6) is 0.400. The number of rotatable bonds is 1. The van der Waals surface area contributed by atoms with Crippen LogP contribution in [0.15, 0.2) is 46.8 Å². The second-order valence-electron chi connectivity index (χ2n) is 4.25. The fraction of sp³-hybridized carbons (Fsp3) is 0.308. The summed E-state index contributed by atoms with van der Waals surface area (Å²) in [7, 11) is 0. The molecule has 16 heavy (non-hydrogen) atoms. The Kier molecular flexibility index (Phi) is 2.17. The van der Waals surface area contributed by atoms with Gasteiger partial charge in [0.1, 0.15) is 0 Å². The van der Waals surface area contributed by atoms with Crippen LogP contribution in [0.2, 0.25) is 0 Å². The quantitative estimate of drug-likeness (QED) is 0.713. The van der Waals surface area contributed by atoms with Gasteiger partial charge in [-0.3, -0.25) is 4.98 Å². The van der Waals surface area contributed by atoms with Gasteiger partial charge in [-0.1, -0.05) is 18.2 Å². The number of pyridine rings is 1. The van der Waals surface area contributed by atoms with Crippen LogP contribution in [0.3, 0.4) is 0 Å². The summed E-state index contributed by atoms with van der Waals surface area (Å²) in [5, 5.41) is 9.46. The Hall–Kier alpha value is -1.77. The number of benzene rings is 1. The first-order chi connectivity index (χ1) is 7.84. The SMILES string of the molecule is CC1N=NCC1c1cnc2ccccc2c1. The Morgan fingerprint density at radius 2 is 2.12 bits per heavy atom. The molecule has 3 heteroatoms. The van der Waals surface area contributed by atoms with Crippen LogP contribution in [0.25, 0.3) is 10.9 Å². The van der Waals surface area contributed by atoms with Gasteiger partial charge in [0, 0.05) is 17.5 Å².